The number of ether oxygens (including phenoxy) is 2. The van der Waals surface area contributed by atoms with E-state index in [9.17, 15) is 19.5 Å². The molecule has 2 rings (SSSR count). The first-order valence-corrected chi connectivity index (χ1v) is 5.55. The van der Waals surface area contributed by atoms with E-state index in [-0.39, 0.29) is 22.5 Å². The molecule has 0 fully saturated rings. The number of carbonyl (C=O) groups excluding carboxylic acids is 2. The van der Waals surface area contributed by atoms with Gasteiger partial charge in [-0.05, 0) is 12.1 Å². The first kappa shape index (κ1) is 13.6. The minimum atomic E-state index is -1.06. The Bertz CT molecular complexity index is 757. The molecule has 104 valence electrons. The van der Waals surface area contributed by atoms with Gasteiger partial charge in [-0.15, -0.1) is 0 Å². The largest absolute Gasteiger partial charge is 0.499 e. The second-order valence-corrected chi connectivity index (χ2v) is 3.91. The lowest BCUT2D eigenvalue weighted by atomic mass is 10.2. The van der Waals surface area contributed by atoms with Crippen LogP contribution >= 0.6 is 0 Å². The van der Waals surface area contributed by atoms with E-state index in [4.69, 9.17) is 13.9 Å². The normalized spacial score (nSPS) is 10.3. The molecule has 7 heteroatoms. The molecule has 1 aromatic carbocycles. The molecule has 1 N–H and O–H groups in total. The van der Waals surface area contributed by atoms with E-state index in [1.165, 1.54) is 25.1 Å². The van der Waals surface area contributed by atoms with Crippen LogP contribution in [0.25, 0.3) is 11.0 Å². The minimum Gasteiger partial charge on any atom is -0.499 e. The Morgan fingerprint density at radius 1 is 1.15 bits per heavy atom. The number of fused-ring (bicyclic) bond motifs is 1. The van der Waals surface area contributed by atoms with Gasteiger partial charge in [-0.2, -0.15) is 0 Å². The van der Waals surface area contributed by atoms with Gasteiger partial charge in [0.2, 0.25) is 5.75 Å². The summed E-state index contributed by atoms with van der Waals surface area (Å²) in [5, 5.41) is 9.79. The van der Waals surface area contributed by atoms with E-state index in [1.54, 1.807) is 0 Å². The summed E-state index contributed by atoms with van der Waals surface area (Å²) >= 11 is 0. The van der Waals surface area contributed by atoms with E-state index in [0.717, 1.165) is 6.92 Å². The van der Waals surface area contributed by atoms with Gasteiger partial charge in [-0.25, -0.2) is 4.79 Å². The first-order valence-electron chi connectivity index (χ1n) is 5.55. The number of hydrogen-bond acceptors (Lipinski definition) is 7. The summed E-state index contributed by atoms with van der Waals surface area (Å²) in [7, 11) is 0. The zero-order chi connectivity index (χ0) is 14.9. The van der Waals surface area contributed by atoms with Crippen LogP contribution < -0.4 is 15.1 Å². The van der Waals surface area contributed by atoms with Crippen molar-refractivity contribution < 1.29 is 28.6 Å². The third kappa shape index (κ3) is 2.61. The molecule has 0 spiro atoms. The van der Waals surface area contributed by atoms with Crippen molar-refractivity contribution in [2.24, 2.45) is 0 Å². The Labute approximate surface area is 112 Å². The molecule has 0 aliphatic rings. The second-order valence-electron chi connectivity index (χ2n) is 3.91. The Morgan fingerprint density at radius 2 is 1.80 bits per heavy atom. The molecule has 2 aromatic rings. The van der Waals surface area contributed by atoms with Crippen molar-refractivity contribution in [3.8, 4) is 17.2 Å². The van der Waals surface area contributed by atoms with Gasteiger partial charge in [0.25, 0.3) is 0 Å². The topological polar surface area (TPSA) is 103 Å². The molecule has 0 saturated heterocycles. The molecule has 1 heterocycles. The fourth-order valence-electron chi connectivity index (χ4n) is 1.62. The summed E-state index contributed by atoms with van der Waals surface area (Å²) in [6.07, 6.45) is 0. The predicted molar refractivity (Wildman–Crippen MR) is 66.8 cm³/mol. The van der Waals surface area contributed by atoms with Gasteiger partial charge >= 0.3 is 17.6 Å². The van der Waals surface area contributed by atoms with E-state index in [1.807, 2.05) is 0 Å². The Hall–Kier alpha value is -2.83. The lowest BCUT2D eigenvalue weighted by Crippen LogP contribution is -2.07. The highest BCUT2D eigenvalue weighted by Crippen LogP contribution is 2.33. The predicted octanol–water partition coefficient (Wildman–Crippen LogP) is 1.35. The summed E-state index contributed by atoms with van der Waals surface area (Å²) in [5.41, 5.74) is -1.04. The molecule has 0 atom stereocenters. The van der Waals surface area contributed by atoms with E-state index < -0.39 is 23.3 Å². The number of rotatable bonds is 2. The van der Waals surface area contributed by atoms with Crippen molar-refractivity contribution >= 4 is 22.9 Å². The zero-order valence-electron chi connectivity index (χ0n) is 10.6. The highest BCUT2D eigenvalue weighted by atomic mass is 16.5. The highest BCUT2D eigenvalue weighted by Gasteiger charge is 2.17. The van der Waals surface area contributed by atoms with Crippen molar-refractivity contribution in [1.29, 1.82) is 0 Å². The molecule has 7 nitrogen and oxygen atoms in total. The van der Waals surface area contributed by atoms with Gasteiger partial charge in [-0.3, -0.25) is 9.59 Å². The lowest BCUT2D eigenvalue weighted by Gasteiger charge is -2.08. The molecule has 0 unspecified atom stereocenters. The number of aromatic hydroxyl groups is 1. The van der Waals surface area contributed by atoms with Crippen molar-refractivity contribution in [1.82, 2.24) is 0 Å². The summed E-state index contributed by atoms with van der Waals surface area (Å²) in [5.74, 6) is -2.17. The van der Waals surface area contributed by atoms with Crippen LogP contribution in [0.2, 0.25) is 0 Å². The Balaban J connectivity index is 2.66. The smallest absolute Gasteiger partial charge is 0.382 e. The summed E-state index contributed by atoms with van der Waals surface area (Å²) in [6.45, 7) is 2.36. The molecule has 0 aliphatic heterocycles. The van der Waals surface area contributed by atoms with Gasteiger partial charge in [0, 0.05) is 19.9 Å². The van der Waals surface area contributed by atoms with Crippen molar-refractivity contribution in [2.45, 2.75) is 13.8 Å². The monoisotopic (exact) mass is 278 g/mol. The third-order valence-electron chi connectivity index (χ3n) is 2.32. The molecule has 1 aromatic heterocycles. The zero-order valence-corrected chi connectivity index (χ0v) is 10.6. The second kappa shape index (κ2) is 5.04. The molecular formula is C13H10O7. The third-order valence-corrected chi connectivity index (χ3v) is 2.32. The van der Waals surface area contributed by atoms with Gasteiger partial charge in [0.05, 0.1) is 5.39 Å². The van der Waals surface area contributed by atoms with Crippen LogP contribution in [0.3, 0.4) is 0 Å². The standard InChI is InChI=1S/C13H10O7/c1-6(14)18-8-3-4-9-10(5-8)20-13(17)11(16)12(9)19-7(2)15/h3-5,16H,1-2H3. The molecule has 0 bridgehead atoms. The van der Waals surface area contributed by atoms with Crippen LogP contribution in [0.1, 0.15) is 13.8 Å². The number of hydrogen-bond donors (Lipinski definition) is 1. The molecular weight excluding hydrogens is 268 g/mol. The lowest BCUT2D eigenvalue weighted by molar-refractivity contribution is -0.132. The van der Waals surface area contributed by atoms with Crippen molar-refractivity contribution in [3.05, 3.63) is 28.6 Å². The SMILES string of the molecule is CC(=O)Oc1ccc2c(OC(C)=O)c(O)c(=O)oc2c1. The Morgan fingerprint density at radius 3 is 2.40 bits per heavy atom. The fourth-order valence-corrected chi connectivity index (χ4v) is 1.62. The summed E-state index contributed by atoms with van der Waals surface area (Å²) in [4.78, 5) is 33.3. The quantitative estimate of drug-likeness (QED) is 0.502. The van der Waals surface area contributed by atoms with Crippen LogP contribution in [-0.2, 0) is 9.59 Å². The Kier molecular flexibility index (Phi) is 3.43. The van der Waals surface area contributed by atoms with E-state index in [2.05, 4.69) is 0 Å². The van der Waals surface area contributed by atoms with Crippen LogP contribution in [0, 0.1) is 0 Å². The maximum Gasteiger partial charge on any atom is 0.382 e. The van der Waals surface area contributed by atoms with E-state index in [0.29, 0.717) is 0 Å². The molecule has 0 saturated carbocycles. The van der Waals surface area contributed by atoms with Crippen LogP contribution in [-0.4, -0.2) is 17.0 Å². The van der Waals surface area contributed by atoms with Gasteiger partial charge in [0.1, 0.15) is 11.3 Å². The van der Waals surface area contributed by atoms with Crippen LogP contribution in [0.4, 0.5) is 0 Å². The first-order chi connectivity index (χ1) is 9.38. The number of carbonyl (C=O) groups is 2. The van der Waals surface area contributed by atoms with Gasteiger partial charge in [0.15, 0.2) is 5.75 Å². The molecule has 0 aliphatic carbocycles. The van der Waals surface area contributed by atoms with Crippen LogP contribution in [0.15, 0.2) is 27.4 Å². The minimum absolute atomic E-state index is 0.0165. The summed E-state index contributed by atoms with van der Waals surface area (Å²) < 4.78 is 14.5. The highest BCUT2D eigenvalue weighted by molar-refractivity contribution is 5.89. The average Bonchev–Trinajstić information content (AvgIpc) is 2.33. The maximum atomic E-state index is 11.5. The fraction of sp³-hybridized carbons (Fsp3) is 0.154. The molecule has 20 heavy (non-hydrogen) atoms. The average molecular weight is 278 g/mol. The molecule has 0 amide bonds. The van der Waals surface area contributed by atoms with Crippen molar-refractivity contribution in [3.63, 3.8) is 0 Å². The number of esters is 2. The molecule has 0 radical (unpaired) electrons. The van der Waals surface area contributed by atoms with E-state index >= 15 is 0 Å². The maximum absolute atomic E-state index is 11.5. The summed E-state index contributed by atoms with van der Waals surface area (Å²) in [6, 6.07) is 4.09. The number of benzene rings is 1. The van der Waals surface area contributed by atoms with Gasteiger partial charge in [-0.1, -0.05) is 0 Å². The van der Waals surface area contributed by atoms with Crippen molar-refractivity contribution in [2.75, 3.05) is 0 Å². The van der Waals surface area contributed by atoms with Gasteiger partial charge < -0.3 is 19.0 Å². The van der Waals surface area contributed by atoms with Crippen LogP contribution in [0.5, 0.6) is 17.2 Å².